The van der Waals surface area contributed by atoms with Crippen molar-refractivity contribution in [3.8, 4) is 0 Å². The molecule has 0 N–H and O–H groups in total. The number of carbonyl (C=O) groups is 3. The Morgan fingerprint density at radius 2 is 1.38 bits per heavy atom. The van der Waals surface area contributed by atoms with Gasteiger partial charge in [-0.3, -0.25) is 4.57 Å². The van der Waals surface area contributed by atoms with E-state index in [1.54, 1.807) is 97.9 Å². The van der Waals surface area contributed by atoms with Gasteiger partial charge in [-0.15, -0.1) is 0 Å². The number of hydrogen-bond acceptors (Lipinski definition) is 10. The molecule has 5 aromatic rings. The zero-order valence-electron chi connectivity index (χ0n) is 23.6. The average Bonchev–Trinajstić information content (AvgIpc) is 3.59. The van der Waals surface area contributed by atoms with Crippen LogP contribution >= 0.6 is 23.2 Å². The Balaban J connectivity index is 1.43. The van der Waals surface area contributed by atoms with E-state index < -0.39 is 41.9 Å². The standard InChI is InChI=1S/C32H24Cl2N4O7/c1-32(45-29(41)21-15-9-4-10-16-21)24(44-28(40)20-13-7-3-8-14-20)22(17-42-27(39)19-11-5-2-6-12-19)43-30(32)38-18-35-23-25(33)36-31(34)37-26(23)38/h2-16,18,22,24,30H,17H2,1H3/t22-,24?,30-,32+/m1/s1. The predicted octanol–water partition coefficient (Wildman–Crippen LogP) is 5.73. The zero-order chi connectivity index (χ0) is 31.6. The molecule has 0 radical (unpaired) electrons. The van der Waals surface area contributed by atoms with E-state index in [-0.39, 0.29) is 39.3 Å². The van der Waals surface area contributed by atoms with Gasteiger partial charge in [0.1, 0.15) is 18.2 Å². The normalized spacial score (nSPS) is 20.9. The highest BCUT2D eigenvalue weighted by atomic mass is 35.5. The fraction of sp³-hybridized carbons (Fsp3) is 0.188. The molecule has 0 saturated carbocycles. The number of imidazole rings is 1. The van der Waals surface area contributed by atoms with Crippen LogP contribution in [0.1, 0.15) is 44.2 Å². The van der Waals surface area contributed by atoms with Gasteiger partial charge < -0.3 is 18.9 Å². The molecule has 11 nitrogen and oxygen atoms in total. The molecule has 3 aromatic carbocycles. The van der Waals surface area contributed by atoms with Gasteiger partial charge in [0.25, 0.3) is 0 Å². The quantitative estimate of drug-likeness (QED) is 0.0891. The van der Waals surface area contributed by atoms with Gasteiger partial charge in [-0.05, 0) is 54.9 Å². The van der Waals surface area contributed by atoms with Crippen LogP contribution in [0.3, 0.4) is 0 Å². The molecule has 1 fully saturated rings. The largest absolute Gasteiger partial charge is 0.459 e. The maximum atomic E-state index is 13.6. The molecule has 0 bridgehead atoms. The van der Waals surface area contributed by atoms with Crippen molar-refractivity contribution in [3.05, 3.63) is 124 Å². The summed E-state index contributed by atoms with van der Waals surface area (Å²) in [6.07, 6.45) is -2.26. The number of hydrogen-bond donors (Lipinski definition) is 0. The van der Waals surface area contributed by atoms with E-state index in [9.17, 15) is 14.4 Å². The number of nitrogens with zero attached hydrogens (tertiary/aromatic N) is 4. The third-order valence-electron chi connectivity index (χ3n) is 7.25. The number of fused-ring (bicyclic) bond motifs is 1. The lowest BCUT2D eigenvalue weighted by Gasteiger charge is -2.34. The summed E-state index contributed by atoms with van der Waals surface area (Å²) < 4.78 is 25.7. The Kier molecular flexibility index (Phi) is 8.48. The molecule has 228 valence electrons. The minimum atomic E-state index is -1.74. The maximum absolute atomic E-state index is 13.6. The molecule has 1 aliphatic rings. The first kappa shape index (κ1) is 30.2. The Morgan fingerprint density at radius 1 is 0.822 bits per heavy atom. The van der Waals surface area contributed by atoms with Gasteiger partial charge in [0.05, 0.1) is 23.0 Å². The predicted molar refractivity (Wildman–Crippen MR) is 162 cm³/mol. The van der Waals surface area contributed by atoms with Crippen LogP contribution in [0.15, 0.2) is 97.3 Å². The lowest BCUT2D eigenvalue weighted by Crippen LogP contribution is -2.50. The lowest BCUT2D eigenvalue weighted by molar-refractivity contribution is -0.108. The third-order valence-corrected chi connectivity index (χ3v) is 7.69. The summed E-state index contributed by atoms with van der Waals surface area (Å²) in [5.74, 6) is -2.06. The molecule has 45 heavy (non-hydrogen) atoms. The van der Waals surface area contributed by atoms with Crippen molar-refractivity contribution in [2.45, 2.75) is 31.0 Å². The second kappa shape index (κ2) is 12.6. The molecular formula is C32H24Cl2N4O7. The maximum Gasteiger partial charge on any atom is 0.338 e. The number of rotatable bonds is 8. The summed E-state index contributed by atoms with van der Waals surface area (Å²) in [7, 11) is 0. The summed E-state index contributed by atoms with van der Waals surface area (Å²) >= 11 is 12.4. The SMILES string of the molecule is C[C@]1(OC(=O)c2ccccc2)C(OC(=O)c2ccccc2)[C@@H](COC(=O)c2ccccc2)O[C@H]1n1cnc2c(Cl)nc(Cl)nc21. The van der Waals surface area contributed by atoms with Crippen LogP contribution < -0.4 is 0 Å². The van der Waals surface area contributed by atoms with Crippen LogP contribution in [0.25, 0.3) is 11.2 Å². The minimum Gasteiger partial charge on any atom is -0.459 e. The molecule has 13 heteroatoms. The number of aromatic nitrogens is 4. The van der Waals surface area contributed by atoms with Crippen molar-refractivity contribution in [2.75, 3.05) is 6.61 Å². The fourth-order valence-electron chi connectivity index (χ4n) is 5.09. The molecule has 3 heterocycles. The summed E-state index contributed by atoms with van der Waals surface area (Å²) in [5, 5.41) is -0.166. The number of esters is 3. The van der Waals surface area contributed by atoms with Crippen molar-refractivity contribution >= 4 is 52.3 Å². The summed E-state index contributed by atoms with van der Waals surface area (Å²) in [5.41, 5.74) is -0.561. The number of benzene rings is 3. The van der Waals surface area contributed by atoms with Crippen LogP contribution in [-0.2, 0) is 18.9 Å². The van der Waals surface area contributed by atoms with E-state index in [1.807, 2.05) is 0 Å². The van der Waals surface area contributed by atoms with Crippen molar-refractivity contribution < 1.29 is 33.3 Å². The summed E-state index contributed by atoms with van der Waals surface area (Å²) in [4.78, 5) is 52.4. The molecule has 1 unspecified atom stereocenters. The summed E-state index contributed by atoms with van der Waals surface area (Å²) in [6.45, 7) is 1.19. The molecule has 4 atom stereocenters. The highest BCUT2D eigenvalue weighted by molar-refractivity contribution is 6.35. The molecule has 0 amide bonds. The van der Waals surface area contributed by atoms with Crippen LogP contribution in [0, 0.1) is 0 Å². The van der Waals surface area contributed by atoms with E-state index in [2.05, 4.69) is 15.0 Å². The first-order valence-electron chi connectivity index (χ1n) is 13.7. The average molecular weight is 647 g/mol. The van der Waals surface area contributed by atoms with Crippen LogP contribution in [-0.4, -0.2) is 61.8 Å². The Hall–Kier alpha value is -4.84. The first-order chi connectivity index (χ1) is 21.7. The lowest BCUT2D eigenvalue weighted by atomic mass is 9.95. The molecule has 0 aliphatic carbocycles. The molecule has 0 spiro atoms. The number of halogens is 2. The second-order valence-corrected chi connectivity index (χ2v) is 10.9. The van der Waals surface area contributed by atoms with Gasteiger partial charge in [-0.1, -0.05) is 66.2 Å². The first-order valence-corrected chi connectivity index (χ1v) is 14.5. The Bertz CT molecular complexity index is 1860. The van der Waals surface area contributed by atoms with Gasteiger partial charge in [-0.25, -0.2) is 24.4 Å². The van der Waals surface area contributed by atoms with Crippen LogP contribution in [0.2, 0.25) is 10.4 Å². The molecule has 2 aromatic heterocycles. The Morgan fingerprint density at radius 3 is 1.98 bits per heavy atom. The number of carbonyl (C=O) groups excluding carboxylic acids is 3. The van der Waals surface area contributed by atoms with Crippen LogP contribution in [0.5, 0.6) is 0 Å². The molecule has 1 aliphatic heterocycles. The van der Waals surface area contributed by atoms with E-state index in [0.29, 0.717) is 5.56 Å². The highest BCUT2D eigenvalue weighted by Gasteiger charge is 2.60. The fourth-order valence-corrected chi connectivity index (χ4v) is 5.51. The van der Waals surface area contributed by atoms with E-state index in [1.165, 1.54) is 10.9 Å². The van der Waals surface area contributed by atoms with Gasteiger partial charge in [-0.2, -0.15) is 4.98 Å². The van der Waals surface area contributed by atoms with E-state index >= 15 is 0 Å². The number of ether oxygens (including phenoxy) is 4. The van der Waals surface area contributed by atoms with Gasteiger partial charge in [0.15, 0.2) is 28.7 Å². The van der Waals surface area contributed by atoms with Crippen LogP contribution in [0.4, 0.5) is 0 Å². The topological polar surface area (TPSA) is 132 Å². The van der Waals surface area contributed by atoms with Crippen molar-refractivity contribution in [3.63, 3.8) is 0 Å². The monoisotopic (exact) mass is 646 g/mol. The van der Waals surface area contributed by atoms with Gasteiger partial charge in [0, 0.05) is 0 Å². The smallest absolute Gasteiger partial charge is 0.338 e. The van der Waals surface area contributed by atoms with Crippen molar-refractivity contribution in [1.82, 2.24) is 19.5 Å². The summed E-state index contributed by atoms with van der Waals surface area (Å²) in [6, 6.07) is 24.9. The van der Waals surface area contributed by atoms with Crippen molar-refractivity contribution in [2.24, 2.45) is 0 Å². The highest BCUT2D eigenvalue weighted by Crippen LogP contribution is 2.45. The molecular weight excluding hydrogens is 623 g/mol. The van der Waals surface area contributed by atoms with Gasteiger partial charge >= 0.3 is 17.9 Å². The van der Waals surface area contributed by atoms with E-state index in [4.69, 9.17) is 42.1 Å². The minimum absolute atomic E-state index is 0.00914. The zero-order valence-corrected chi connectivity index (χ0v) is 25.1. The second-order valence-electron chi connectivity index (χ2n) is 10.2. The Labute approximate surface area is 266 Å². The molecule has 1 saturated heterocycles. The molecule has 6 rings (SSSR count). The van der Waals surface area contributed by atoms with E-state index in [0.717, 1.165) is 0 Å². The van der Waals surface area contributed by atoms with Crippen molar-refractivity contribution in [1.29, 1.82) is 0 Å². The van der Waals surface area contributed by atoms with Gasteiger partial charge in [0.2, 0.25) is 5.28 Å². The third kappa shape index (κ3) is 6.10.